The first-order valence-corrected chi connectivity index (χ1v) is 8.79. The van der Waals surface area contributed by atoms with Crippen molar-refractivity contribution >= 4 is 5.91 Å². The van der Waals surface area contributed by atoms with Crippen LogP contribution in [0.4, 0.5) is 0 Å². The van der Waals surface area contributed by atoms with Crippen molar-refractivity contribution in [1.82, 2.24) is 20.0 Å². The Balaban J connectivity index is 1.56. The Bertz CT molecular complexity index is 742. The van der Waals surface area contributed by atoms with Crippen LogP contribution < -0.4 is 9.47 Å². The summed E-state index contributed by atoms with van der Waals surface area (Å²) in [6.07, 6.45) is 5.84. The molecule has 2 aromatic rings. The number of likely N-dealkylation sites (tertiary alicyclic amines) is 1. The number of piperidine rings is 1. The second kappa shape index (κ2) is 8.16. The number of aromatic nitrogens is 3. The number of aryl methyl sites for hydroxylation is 2. The van der Waals surface area contributed by atoms with E-state index in [4.69, 9.17) is 14.0 Å². The molecule has 1 aliphatic heterocycles. The van der Waals surface area contributed by atoms with E-state index in [1.165, 1.54) is 7.11 Å². The summed E-state index contributed by atoms with van der Waals surface area (Å²) >= 11 is 0. The molecule has 8 nitrogen and oxygen atoms in total. The van der Waals surface area contributed by atoms with Crippen LogP contribution in [0.3, 0.4) is 0 Å². The van der Waals surface area contributed by atoms with Crippen molar-refractivity contribution in [2.45, 2.75) is 45.6 Å². The summed E-state index contributed by atoms with van der Waals surface area (Å²) in [6.45, 7) is 5.06. The van der Waals surface area contributed by atoms with Gasteiger partial charge in [-0.3, -0.25) is 4.79 Å². The zero-order valence-corrected chi connectivity index (χ0v) is 15.4. The molecule has 1 aliphatic rings. The van der Waals surface area contributed by atoms with Gasteiger partial charge in [-0.1, -0.05) is 5.16 Å². The van der Waals surface area contributed by atoms with Crippen molar-refractivity contribution < 1.29 is 18.8 Å². The minimum absolute atomic E-state index is 0.114. The van der Waals surface area contributed by atoms with Crippen LogP contribution >= 0.6 is 0 Å². The highest BCUT2D eigenvalue weighted by Gasteiger charge is 2.26. The van der Waals surface area contributed by atoms with E-state index in [0.717, 1.165) is 36.4 Å². The molecule has 1 unspecified atom stereocenters. The second-order valence-corrected chi connectivity index (χ2v) is 6.40. The summed E-state index contributed by atoms with van der Waals surface area (Å²) < 4.78 is 16.3. The van der Waals surface area contributed by atoms with Gasteiger partial charge < -0.3 is 18.9 Å². The molecule has 0 saturated carbocycles. The number of nitrogens with zero attached hydrogens (tertiary/aromatic N) is 4. The maximum atomic E-state index is 12.6. The number of carbonyl (C=O) groups excluding carboxylic acids is 1. The highest BCUT2D eigenvalue weighted by molar-refractivity contribution is 5.76. The minimum atomic E-state index is -0.114. The van der Waals surface area contributed by atoms with Gasteiger partial charge in [0, 0.05) is 30.9 Å². The van der Waals surface area contributed by atoms with Crippen LogP contribution in [0.15, 0.2) is 16.9 Å². The number of methoxy groups -OCH3 is 1. The Labute approximate surface area is 152 Å². The van der Waals surface area contributed by atoms with Gasteiger partial charge in [0.15, 0.2) is 0 Å². The molecule has 0 aliphatic carbocycles. The van der Waals surface area contributed by atoms with Gasteiger partial charge in [-0.05, 0) is 33.1 Å². The maximum absolute atomic E-state index is 12.6. The van der Waals surface area contributed by atoms with E-state index in [1.807, 2.05) is 18.7 Å². The van der Waals surface area contributed by atoms with E-state index >= 15 is 0 Å². The molecule has 2 aromatic heterocycles. The largest absolute Gasteiger partial charge is 0.477 e. The zero-order valence-electron chi connectivity index (χ0n) is 15.4. The van der Waals surface area contributed by atoms with Gasteiger partial charge in [0.05, 0.1) is 19.3 Å². The molecule has 3 rings (SSSR count). The van der Waals surface area contributed by atoms with Gasteiger partial charge >= 0.3 is 0 Å². The third-order valence-corrected chi connectivity index (χ3v) is 4.61. The topological polar surface area (TPSA) is 90.6 Å². The standard InChI is InChI=1S/C18H24N4O4/c1-12-15(13(2)26-21-12)6-7-16(23)22-10-4-5-14(11-22)25-18-17(24-3)19-8-9-20-18/h8-9,14H,4-7,10-11H2,1-3H3. The Morgan fingerprint density at radius 1 is 1.31 bits per heavy atom. The van der Waals surface area contributed by atoms with Gasteiger partial charge in [0.2, 0.25) is 5.91 Å². The van der Waals surface area contributed by atoms with Crippen LogP contribution in [-0.2, 0) is 11.2 Å². The van der Waals surface area contributed by atoms with Gasteiger partial charge in [-0.15, -0.1) is 0 Å². The van der Waals surface area contributed by atoms with Crippen LogP contribution in [0.5, 0.6) is 11.8 Å². The van der Waals surface area contributed by atoms with Gasteiger partial charge in [-0.25, -0.2) is 9.97 Å². The molecule has 0 spiro atoms. The smallest absolute Gasteiger partial charge is 0.278 e. The first kappa shape index (κ1) is 18.2. The number of carbonyl (C=O) groups is 1. The predicted octanol–water partition coefficient (Wildman–Crippen LogP) is 2.09. The minimum Gasteiger partial charge on any atom is -0.477 e. The van der Waals surface area contributed by atoms with E-state index < -0.39 is 0 Å². The lowest BCUT2D eigenvalue weighted by Gasteiger charge is -2.32. The zero-order chi connectivity index (χ0) is 18.5. The number of amides is 1. The first-order valence-electron chi connectivity index (χ1n) is 8.79. The monoisotopic (exact) mass is 360 g/mol. The molecule has 1 atom stereocenters. The van der Waals surface area contributed by atoms with Crippen molar-refractivity contribution in [3.8, 4) is 11.8 Å². The first-order chi connectivity index (χ1) is 12.6. The van der Waals surface area contributed by atoms with Crippen molar-refractivity contribution in [3.63, 3.8) is 0 Å². The van der Waals surface area contributed by atoms with Crippen LogP contribution in [0.25, 0.3) is 0 Å². The number of hydrogen-bond donors (Lipinski definition) is 0. The Morgan fingerprint density at radius 3 is 2.77 bits per heavy atom. The molecular weight excluding hydrogens is 336 g/mol. The molecular formula is C18H24N4O4. The van der Waals surface area contributed by atoms with Crippen LogP contribution in [-0.4, -0.2) is 52.2 Å². The number of rotatable bonds is 6. The third kappa shape index (κ3) is 4.12. The van der Waals surface area contributed by atoms with E-state index in [9.17, 15) is 4.79 Å². The lowest BCUT2D eigenvalue weighted by Crippen LogP contribution is -2.44. The molecule has 1 saturated heterocycles. The third-order valence-electron chi connectivity index (χ3n) is 4.61. The molecule has 0 aromatic carbocycles. The van der Waals surface area contributed by atoms with Gasteiger partial charge in [0.25, 0.3) is 11.8 Å². The van der Waals surface area contributed by atoms with Crippen LogP contribution in [0, 0.1) is 13.8 Å². The van der Waals surface area contributed by atoms with E-state index in [-0.39, 0.29) is 12.0 Å². The Hall–Kier alpha value is -2.64. The summed E-state index contributed by atoms with van der Waals surface area (Å²) in [6, 6.07) is 0. The fourth-order valence-corrected chi connectivity index (χ4v) is 3.20. The van der Waals surface area contributed by atoms with Gasteiger partial charge in [-0.2, -0.15) is 0 Å². The van der Waals surface area contributed by atoms with Crippen molar-refractivity contribution in [2.24, 2.45) is 0 Å². The van der Waals surface area contributed by atoms with Crippen molar-refractivity contribution in [2.75, 3.05) is 20.2 Å². The van der Waals surface area contributed by atoms with Crippen molar-refractivity contribution in [3.05, 3.63) is 29.4 Å². The average molecular weight is 360 g/mol. The van der Waals surface area contributed by atoms with Crippen LogP contribution in [0.1, 0.15) is 36.3 Å². The van der Waals surface area contributed by atoms with Gasteiger partial charge in [0.1, 0.15) is 11.9 Å². The molecule has 3 heterocycles. The van der Waals surface area contributed by atoms with E-state index in [0.29, 0.717) is 31.1 Å². The van der Waals surface area contributed by atoms with E-state index in [2.05, 4.69) is 15.1 Å². The summed E-state index contributed by atoms with van der Waals surface area (Å²) in [7, 11) is 1.53. The fourth-order valence-electron chi connectivity index (χ4n) is 3.20. The molecule has 0 bridgehead atoms. The average Bonchev–Trinajstić information content (AvgIpc) is 2.98. The Kier molecular flexibility index (Phi) is 5.70. The highest BCUT2D eigenvalue weighted by Crippen LogP contribution is 2.24. The quantitative estimate of drug-likeness (QED) is 0.779. The molecule has 0 N–H and O–H groups in total. The summed E-state index contributed by atoms with van der Waals surface area (Å²) in [5.74, 6) is 1.62. The molecule has 26 heavy (non-hydrogen) atoms. The molecule has 8 heteroatoms. The highest BCUT2D eigenvalue weighted by atomic mass is 16.5. The molecule has 140 valence electrons. The van der Waals surface area contributed by atoms with E-state index in [1.54, 1.807) is 12.4 Å². The lowest BCUT2D eigenvalue weighted by molar-refractivity contribution is -0.133. The normalized spacial score (nSPS) is 17.2. The summed E-state index contributed by atoms with van der Waals surface area (Å²) in [4.78, 5) is 22.7. The molecule has 1 amide bonds. The predicted molar refractivity (Wildman–Crippen MR) is 93.1 cm³/mol. The summed E-state index contributed by atoms with van der Waals surface area (Å²) in [5.41, 5.74) is 1.87. The SMILES string of the molecule is COc1nccnc1OC1CCCN(C(=O)CCc2c(C)noc2C)C1. The molecule has 1 fully saturated rings. The molecule has 0 radical (unpaired) electrons. The number of ether oxygens (including phenoxy) is 2. The Morgan fingerprint density at radius 2 is 2.08 bits per heavy atom. The van der Waals surface area contributed by atoms with Crippen molar-refractivity contribution in [1.29, 1.82) is 0 Å². The lowest BCUT2D eigenvalue weighted by atomic mass is 10.1. The maximum Gasteiger partial charge on any atom is 0.278 e. The summed E-state index contributed by atoms with van der Waals surface area (Å²) in [5, 5.41) is 3.94. The number of hydrogen-bond acceptors (Lipinski definition) is 7. The fraction of sp³-hybridized carbons (Fsp3) is 0.556. The van der Waals surface area contributed by atoms with Crippen LogP contribution in [0.2, 0.25) is 0 Å². The second-order valence-electron chi connectivity index (χ2n) is 6.40.